The molecule has 0 atom stereocenters. The van der Waals surface area contributed by atoms with Crippen molar-refractivity contribution in [2.45, 2.75) is 13.0 Å². The van der Waals surface area contributed by atoms with Crippen LogP contribution in [0.1, 0.15) is 6.42 Å². The summed E-state index contributed by atoms with van der Waals surface area (Å²) in [4.78, 5) is 15.1. The highest BCUT2D eigenvalue weighted by Gasteiger charge is 1.99. The largest absolute Gasteiger partial charge is 0.298 e. The Morgan fingerprint density at radius 3 is 3.08 bits per heavy atom. The normalized spacial score (nSPS) is 10.2. The van der Waals surface area contributed by atoms with Gasteiger partial charge < -0.3 is 0 Å². The van der Waals surface area contributed by atoms with E-state index in [1.54, 1.807) is 0 Å². The summed E-state index contributed by atoms with van der Waals surface area (Å²) >= 11 is 1.91. The van der Waals surface area contributed by atoms with Crippen molar-refractivity contribution in [3.8, 4) is 0 Å². The molecule has 0 saturated carbocycles. The molecule has 5 heteroatoms. The minimum Gasteiger partial charge on any atom is -0.298 e. The number of nitrogens with zero attached hydrogens (tertiary/aromatic N) is 2. The van der Waals surface area contributed by atoms with Crippen LogP contribution in [-0.2, 0) is 6.54 Å². The second-order valence-electron chi connectivity index (χ2n) is 2.28. The Hall–Kier alpha value is -0.460. The number of hydrogen-bond donors (Lipinski definition) is 0. The first-order valence-electron chi connectivity index (χ1n) is 3.51. The zero-order valence-electron chi connectivity index (χ0n) is 6.33. The van der Waals surface area contributed by atoms with Crippen molar-refractivity contribution in [1.82, 2.24) is 9.55 Å². The predicted octanol–water partition coefficient (Wildman–Crippen LogP) is 1.21. The van der Waals surface area contributed by atoms with Gasteiger partial charge in [-0.25, -0.2) is 4.98 Å². The minimum atomic E-state index is -0.405. The van der Waals surface area contributed by atoms with Crippen LogP contribution < -0.4 is 5.56 Å². The van der Waals surface area contributed by atoms with Gasteiger partial charge in [-0.05, 0) is 29.0 Å². The van der Waals surface area contributed by atoms with E-state index >= 15 is 0 Å². The number of halogens is 2. The maximum Gasteiger partial charge on any atom is 0.266 e. The van der Waals surface area contributed by atoms with Gasteiger partial charge in [0.15, 0.2) is 0 Å². The lowest BCUT2D eigenvalue weighted by atomic mass is 10.4. The number of aromatic nitrogens is 2. The van der Waals surface area contributed by atoms with E-state index in [0.29, 0.717) is 16.5 Å². The van der Waals surface area contributed by atoms with Crippen molar-refractivity contribution in [3.05, 3.63) is 26.4 Å². The number of aryl methyl sites for hydroxylation is 1. The summed E-state index contributed by atoms with van der Waals surface area (Å²) in [5, 5.41) is 0. The minimum absolute atomic E-state index is 0.0981. The van der Waals surface area contributed by atoms with E-state index in [1.165, 1.54) is 17.1 Å². The third kappa shape index (κ3) is 2.26. The van der Waals surface area contributed by atoms with Crippen molar-refractivity contribution >= 4 is 22.6 Å². The Kier molecular flexibility index (Phi) is 3.64. The monoisotopic (exact) mass is 282 g/mol. The van der Waals surface area contributed by atoms with Gasteiger partial charge >= 0.3 is 0 Å². The van der Waals surface area contributed by atoms with Crippen LogP contribution in [0.5, 0.6) is 0 Å². The average molecular weight is 282 g/mol. The summed E-state index contributed by atoms with van der Waals surface area (Å²) in [6.45, 7) is -0.00289. The van der Waals surface area contributed by atoms with Gasteiger partial charge in [0.25, 0.3) is 5.56 Å². The van der Waals surface area contributed by atoms with Crippen molar-refractivity contribution in [2.24, 2.45) is 0 Å². The molecule has 0 aliphatic heterocycles. The molecule has 0 unspecified atom stereocenters. The Morgan fingerprint density at radius 2 is 2.42 bits per heavy atom. The van der Waals surface area contributed by atoms with Gasteiger partial charge in [0.05, 0.1) is 16.6 Å². The molecule has 0 spiro atoms. The maximum absolute atomic E-state index is 11.8. The van der Waals surface area contributed by atoms with Gasteiger partial charge in [0.2, 0.25) is 0 Å². The summed E-state index contributed by atoms with van der Waals surface area (Å²) in [6, 6.07) is 0. The zero-order valence-corrected chi connectivity index (χ0v) is 8.49. The molecule has 0 radical (unpaired) electrons. The smallest absolute Gasteiger partial charge is 0.266 e. The highest BCUT2D eigenvalue weighted by atomic mass is 127. The molecule has 0 fully saturated rings. The lowest BCUT2D eigenvalue weighted by molar-refractivity contribution is 0.441. The topological polar surface area (TPSA) is 34.9 Å². The van der Waals surface area contributed by atoms with E-state index in [-0.39, 0.29) is 5.56 Å². The van der Waals surface area contributed by atoms with E-state index < -0.39 is 6.67 Å². The molecule has 12 heavy (non-hydrogen) atoms. The summed E-state index contributed by atoms with van der Waals surface area (Å²) in [5.41, 5.74) is -0.0981. The fraction of sp³-hybridized carbons (Fsp3) is 0.429. The Morgan fingerprint density at radius 1 is 1.67 bits per heavy atom. The third-order valence-electron chi connectivity index (χ3n) is 1.39. The molecule has 0 amide bonds. The molecule has 1 heterocycles. The van der Waals surface area contributed by atoms with Crippen LogP contribution in [0.3, 0.4) is 0 Å². The standard InChI is InChI=1S/C7H8FIN2O/c8-2-1-3-11-5-10-4-6(9)7(11)12/h4-5H,1-3H2. The second kappa shape index (κ2) is 4.54. The Balaban J connectivity index is 2.85. The highest BCUT2D eigenvalue weighted by molar-refractivity contribution is 14.1. The molecule has 3 nitrogen and oxygen atoms in total. The molecule has 0 N–H and O–H groups in total. The number of alkyl halides is 1. The molecule has 0 bridgehead atoms. The van der Waals surface area contributed by atoms with Gasteiger partial charge in [0, 0.05) is 12.7 Å². The fourth-order valence-corrected chi connectivity index (χ4v) is 1.28. The Bertz CT molecular complexity index is 313. The van der Waals surface area contributed by atoms with Crippen LogP contribution in [0, 0.1) is 3.57 Å². The van der Waals surface area contributed by atoms with Crippen LogP contribution in [-0.4, -0.2) is 16.2 Å². The van der Waals surface area contributed by atoms with Crippen molar-refractivity contribution in [3.63, 3.8) is 0 Å². The van der Waals surface area contributed by atoms with Crippen LogP contribution in [0.15, 0.2) is 17.3 Å². The molecule has 1 rings (SSSR count). The first-order chi connectivity index (χ1) is 5.75. The molecule has 0 saturated heterocycles. The van der Waals surface area contributed by atoms with Crippen molar-refractivity contribution in [2.75, 3.05) is 6.67 Å². The molecular formula is C7H8FIN2O. The van der Waals surface area contributed by atoms with E-state index in [1.807, 2.05) is 22.6 Å². The maximum atomic E-state index is 11.8. The van der Waals surface area contributed by atoms with E-state index in [4.69, 9.17) is 0 Å². The zero-order chi connectivity index (χ0) is 8.97. The van der Waals surface area contributed by atoms with Crippen molar-refractivity contribution in [1.29, 1.82) is 0 Å². The summed E-state index contributed by atoms with van der Waals surface area (Å²) < 4.78 is 13.8. The van der Waals surface area contributed by atoms with Gasteiger partial charge in [-0.1, -0.05) is 0 Å². The van der Waals surface area contributed by atoms with Gasteiger partial charge in [-0.3, -0.25) is 13.8 Å². The summed E-state index contributed by atoms with van der Waals surface area (Å²) in [6.07, 6.45) is 3.29. The lowest BCUT2D eigenvalue weighted by Crippen LogP contribution is -2.22. The van der Waals surface area contributed by atoms with Gasteiger partial charge in [-0.15, -0.1) is 0 Å². The molecule has 0 aromatic carbocycles. The van der Waals surface area contributed by atoms with Crippen LogP contribution in [0.4, 0.5) is 4.39 Å². The van der Waals surface area contributed by atoms with Crippen molar-refractivity contribution < 1.29 is 4.39 Å². The van der Waals surface area contributed by atoms with E-state index in [2.05, 4.69) is 4.98 Å². The predicted molar refractivity (Wildman–Crippen MR) is 51.8 cm³/mol. The van der Waals surface area contributed by atoms with Crippen LogP contribution >= 0.6 is 22.6 Å². The molecule has 0 aliphatic carbocycles. The van der Waals surface area contributed by atoms with Crippen LogP contribution in [0.25, 0.3) is 0 Å². The number of hydrogen-bond acceptors (Lipinski definition) is 2. The molecule has 1 aromatic heterocycles. The average Bonchev–Trinajstić information content (AvgIpc) is 2.08. The summed E-state index contributed by atoms with van der Waals surface area (Å²) in [7, 11) is 0. The van der Waals surface area contributed by atoms with Gasteiger partial charge in [-0.2, -0.15) is 0 Å². The van der Waals surface area contributed by atoms with Gasteiger partial charge in [0.1, 0.15) is 0 Å². The summed E-state index contributed by atoms with van der Waals surface area (Å²) in [5.74, 6) is 0. The SMILES string of the molecule is O=c1c(I)cncn1CCCF. The highest BCUT2D eigenvalue weighted by Crippen LogP contribution is 1.94. The third-order valence-corrected chi connectivity index (χ3v) is 2.13. The van der Waals surface area contributed by atoms with E-state index in [9.17, 15) is 9.18 Å². The first kappa shape index (κ1) is 9.63. The molecule has 66 valence electrons. The first-order valence-corrected chi connectivity index (χ1v) is 4.59. The molecule has 0 aliphatic rings. The number of rotatable bonds is 3. The fourth-order valence-electron chi connectivity index (χ4n) is 0.813. The van der Waals surface area contributed by atoms with Crippen LogP contribution in [0.2, 0.25) is 0 Å². The molecular weight excluding hydrogens is 274 g/mol. The quantitative estimate of drug-likeness (QED) is 0.781. The molecule has 1 aromatic rings. The Labute approximate surface area is 82.8 Å². The lowest BCUT2D eigenvalue weighted by Gasteiger charge is -2.01. The van der Waals surface area contributed by atoms with E-state index in [0.717, 1.165) is 0 Å². The second-order valence-corrected chi connectivity index (χ2v) is 3.44.